The normalized spacial score (nSPS) is 33.8. The number of aliphatic hydroxyl groups is 2. The van der Waals surface area contributed by atoms with Crippen LogP contribution in [0.5, 0.6) is 0 Å². The molecule has 7 N–H and O–H groups in total. The zero-order chi connectivity index (χ0) is 23.1. The van der Waals surface area contributed by atoms with Gasteiger partial charge in [-0.3, -0.25) is 4.90 Å². The van der Waals surface area contributed by atoms with E-state index < -0.39 is 59.0 Å². The first kappa shape index (κ1) is 25.7. The van der Waals surface area contributed by atoms with Gasteiger partial charge in [-0.15, -0.1) is 0 Å². The molecule has 0 spiro atoms. The predicted molar refractivity (Wildman–Crippen MR) is 100 cm³/mol. The van der Waals surface area contributed by atoms with Crippen LogP contribution in [0.2, 0.25) is 0 Å². The first-order valence-corrected chi connectivity index (χ1v) is 13.4. The number of nitrogens with one attached hydrogen (secondary N) is 1. The minimum atomic E-state index is -5.51. The quantitative estimate of drug-likeness (QED) is 0.201. The largest absolute Gasteiger partial charge is 0.488 e. The average Bonchev–Trinajstić information content (AvgIpc) is 2.73. The number of rotatable bonds is 8. The summed E-state index contributed by atoms with van der Waals surface area (Å²) < 4.78 is 39.9. The Bertz CT molecular complexity index is 888. The fourth-order valence-corrected chi connectivity index (χ4v) is 6.49. The second-order valence-corrected chi connectivity index (χ2v) is 12.1. The first-order chi connectivity index (χ1) is 13.4. The van der Waals surface area contributed by atoms with Crippen LogP contribution >= 0.6 is 22.4 Å². The number of amides is 2. The highest BCUT2D eigenvalue weighted by atomic mass is 32.5. The molecule has 2 heterocycles. The zero-order valence-electron chi connectivity index (χ0n) is 15.0. The Morgan fingerprint density at radius 3 is 2.47 bits per heavy atom. The number of allylic oxidation sites excluding steroid dienone is 1. The van der Waals surface area contributed by atoms with Gasteiger partial charge in [0.1, 0.15) is 17.8 Å². The van der Waals surface area contributed by atoms with Crippen LogP contribution in [0.15, 0.2) is 24.6 Å². The molecule has 15 nitrogen and oxygen atoms in total. The van der Waals surface area contributed by atoms with Gasteiger partial charge in [0.05, 0.1) is 6.61 Å². The summed E-state index contributed by atoms with van der Waals surface area (Å²) in [5, 5.41) is 23.2. The predicted octanol–water partition coefficient (Wildman–Crippen LogP) is -0.665. The minimum absolute atomic E-state index is 0.276. The van der Waals surface area contributed by atoms with Crippen molar-refractivity contribution in [3.63, 3.8) is 0 Å². The summed E-state index contributed by atoms with van der Waals surface area (Å²) in [6, 6.07) is -0.715. The molecule has 2 rings (SSSR count). The number of aliphatic hydroxyl groups excluding tert-OH is 1. The fourth-order valence-electron chi connectivity index (χ4n) is 2.51. The van der Waals surface area contributed by atoms with Gasteiger partial charge < -0.3 is 44.4 Å². The molecule has 2 amide bonds. The summed E-state index contributed by atoms with van der Waals surface area (Å²) in [6.07, 6.45) is -1.86. The number of urea groups is 1. The van der Waals surface area contributed by atoms with E-state index in [-0.39, 0.29) is 5.70 Å². The standard InChI is InChI=1S/C11H19N2O13P3S/c1-6-3-4-13(10(15)12-6)9-11(2,16)8(14)7(24-9)5-23-29(22,30)26-28(20,21)25-27(17,18)19/h3-4,7-9,14,16H,1,5H2,2H3,(H,12,15)(H,20,21)(H,22,30)(H2,17,18,19)/t7-,8-,9-,11-,29+/m1/s1. The number of nitrogens with zero attached hydrogens (tertiary/aromatic N) is 1. The molecule has 0 aromatic heterocycles. The highest BCUT2D eigenvalue weighted by molar-refractivity contribution is 8.08. The maximum atomic E-state index is 12.1. The summed E-state index contributed by atoms with van der Waals surface area (Å²) in [7, 11) is -11.0. The Kier molecular flexibility index (Phi) is 7.52. The van der Waals surface area contributed by atoms with Gasteiger partial charge in [0, 0.05) is 11.9 Å². The van der Waals surface area contributed by atoms with Crippen LogP contribution in [0.1, 0.15) is 6.92 Å². The van der Waals surface area contributed by atoms with Gasteiger partial charge in [-0.25, -0.2) is 18.2 Å². The van der Waals surface area contributed by atoms with Crippen LogP contribution in [0.3, 0.4) is 0 Å². The number of hydrogen-bond donors (Lipinski definition) is 7. The molecule has 0 bridgehead atoms. The van der Waals surface area contributed by atoms with Crippen molar-refractivity contribution in [1.29, 1.82) is 0 Å². The highest BCUT2D eigenvalue weighted by Crippen LogP contribution is 2.66. The molecule has 0 saturated carbocycles. The Labute approximate surface area is 174 Å². The van der Waals surface area contributed by atoms with Gasteiger partial charge in [-0.2, -0.15) is 4.31 Å². The molecule has 0 aliphatic carbocycles. The van der Waals surface area contributed by atoms with Gasteiger partial charge in [-0.1, -0.05) is 6.58 Å². The van der Waals surface area contributed by atoms with Gasteiger partial charge in [0.2, 0.25) is 0 Å². The number of carbonyl (C=O) groups is 1. The third-order valence-electron chi connectivity index (χ3n) is 3.76. The molecular formula is C11H19N2O13P3S. The molecule has 1 saturated heterocycles. The summed E-state index contributed by atoms with van der Waals surface area (Å²) >= 11 is 4.46. The van der Waals surface area contributed by atoms with E-state index in [0.717, 1.165) is 11.8 Å². The Morgan fingerprint density at radius 1 is 1.33 bits per heavy atom. The van der Waals surface area contributed by atoms with E-state index in [0.29, 0.717) is 0 Å². The lowest BCUT2D eigenvalue weighted by molar-refractivity contribution is -0.106. The number of carbonyl (C=O) groups excluding carboxylic acids is 1. The van der Waals surface area contributed by atoms with Crippen LogP contribution < -0.4 is 5.32 Å². The Balaban J connectivity index is 2.07. The van der Waals surface area contributed by atoms with Gasteiger partial charge in [0.15, 0.2) is 6.23 Å². The number of hydrogen-bond acceptors (Lipinski definition) is 10. The third kappa shape index (κ3) is 6.48. The molecule has 6 atom stereocenters. The lowest BCUT2D eigenvalue weighted by Crippen LogP contribution is -2.55. The Hall–Kier alpha value is -0.540. The van der Waals surface area contributed by atoms with Gasteiger partial charge in [0.25, 0.3) is 0 Å². The highest BCUT2D eigenvalue weighted by Gasteiger charge is 2.56. The van der Waals surface area contributed by atoms with Crippen molar-refractivity contribution in [1.82, 2.24) is 10.2 Å². The molecule has 30 heavy (non-hydrogen) atoms. The van der Waals surface area contributed by atoms with E-state index in [1.807, 2.05) is 0 Å². The van der Waals surface area contributed by atoms with Crippen molar-refractivity contribution in [3.05, 3.63) is 24.6 Å². The molecule has 2 aliphatic heterocycles. The van der Waals surface area contributed by atoms with Gasteiger partial charge in [-0.05, 0) is 24.8 Å². The monoisotopic (exact) mass is 512 g/mol. The van der Waals surface area contributed by atoms with Crippen LogP contribution in [0, 0.1) is 0 Å². The maximum Gasteiger partial charge on any atom is 0.488 e. The fraction of sp³-hybridized carbons (Fsp3) is 0.545. The molecule has 1 unspecified atom stereocenters. The second kappa shape index (κ2) is 8.77. The molecule has 0 aromatic carbocycles. The van der Waals surface area contributed by atoms with E-state index >= 15 is 0 Å². The lowest BCUT2D eigenvalue weighted by Gasteiger charge is -2.35. The molecule has 172 valence electrons. The first-order valence-electron chi connectivity index (χ1n) is 7.74. The van der Waals surface area contributed by atoms with E-state index in [1.54, 1.807) is 0 Å². The SMILES string of the molecule is C=C1C=CN([C@@H]2O[C@H](CO[P@](O)(=S)OP(=O)(O)OP(=O)(O)O)[C@@H](O)[C@@]2(C)O)C(=O)N1. The van der Waals surface area contributed by atoms with Crippen molar-refractivity contribution in [2.45, 2.75) is 31.0 Å². The van der Waals surface area contributed by atoms with E-state index in [9.17, 15) is 33.9 Å². The van der Waals surface area contributed by atoms with Crippen LogP contribution in [-0.2, 0) is 38.8 Å². The summed E-state index contributed by atoms with van der Waals surface area (Å²) in [5.74, 6) is 0. The molecule has 19 heteroatoms. The molecular weight excluding hydrogens is 493 g/mol. The van der Waals surface area contributed by atoms with E-state index in [4.69, 9.17) is 19.0 Å². The van der Waals surface area contributed by atoms with Crippen molar-refractivity contribution < 1.29 is 61.6 Å². The van der Waals surface area contributed by atoms with Crippen molar-refractivity contribution in [3.8, 4) is 0 Å². The summed E-state index contributed by atoms with van der Waals surface area (Å²) in [4.78, 5) is 49.1. The summed E-state index contributed by atoms with van der Waals surface area (Å²) in [5.41, 5.74) is -1.75. The zero-order valence-corrected chi connectivity index (χ0v) is 18.5. The Morgan fingerprint density at radius 2 is 1.93 bits per heavy atom. The molecule has 2 aliphatic rings. The number of phosphoric acid groups is 2. The minimum Gasteiger partial charge on any atom is -0.387 e. The summed E-state index contributed by atoms with van der Waals surface area (Å²) in [6.45, 7) is -0.744. The van der Waals surface area contributed by atoms with Crippen molar-refractivity contribution in [2.24, 2.45) is 0 Å². The van der Waals surface area contributed by atoms with Crippen LogP contribution in [-0.4, -0.2) is 71.4 Å². The number of ether oxygens (including phenoxy) is 1. The van der Waals surface area contributed by atoms with E-state index in [1.165, 1.54) is 12.3 Å². The van der Waals surface area contributed by atoms with Crippen LogP contribution in [0.4, 0.5) is 4.79 Å². The van der Waals surface area contributed by atoms with Crippen LogP contribution in [0.25, 0.3) is 0 Å². The lowest BCUT2D eigenvalue weighted by atomic mass is 9.96. The maximum absolute atomic E-state index is 12.1. The molecule has 1 fully saturated rings. The average molecular weight is 512 g/mol. The third-order valence-corrected chi connectivity index (χ3v) is 8.48. The van der Waals surface area contributed by atoms with Gasteiger partial charge >= 0.3 is 28.4 Å². The smallest absolute Gasteiger partial charge is 0.387 e. The topological polar surface area (TPSA) is 225 Å². The van der Waals surface area contributed by atoms with E-state index in [2.05, 4.69) is 32.3 Å². The van der Waals surface area contributed by atoms with Crippen molar-refractivity contribution >= 4 is 40.2 Å². The van der Waals surface area contributed by atoms with Crippen molar-refractivity contribution in [2.75, 3.05) is 6.61 Å². The second-order valence-electron chi connectivity index (χ2n) is 6.26. The molecule has 0 aromatic rings. The molecule has 0 radical (unpaired) electrons.